The van der Waals surface area contributed by atoms with Gasteiger partial charge in [0.25, 0.3) is 0 Å². The van der Waals surface area contributed by atoms with E-state index in [0.29, 0.717) is 13.0 Å². The van der Waals surface area contributed by atoms with Crippen LogP contribution in [0.25, 0.3) is 0 Å². The fourth-order valence-corrected chi connectivity index (χ4v) is 8.77. The lowest BCUT2D eigenvalue weighted by Gasteiger charge is -2.41. The fraction of sp³-hybridized carbons (Fsp3) is 0.898. The normalized spacial score (nSPS) is 22.1. The van der Waals surface area contributed by atoms with Gasteiger partial charge in [-0.25, -0.2) is 4.57 Å². The van der Waals surface area contributed by atoms with Crippen molar-refractivity contribution in [2.45, 2.75) is 262 Å². The van der Waals surface area contributed by atoms with Crippen molar-refractivity contribution in [2.75, 3.05) is 19.8 Å². The van der Waals surface area contributed by atoms with E-state index in [1.54, 1.807) is 0 Å². The number of unbranched alkanes of at least 4 members (excludes halogenated alkanes) is 27. The molecule has 0 aromatic rings. The minimum Gasteiger partial charge on any atom is -0.457 e. The third kappa shape index (κ3) is 31.7. The number of hydrogen-bond donors (Lipinski definition) is 6. The Labute approximate surface area is 377 Å². The van der Waals surface area contributed by atoms with Crippen molar-refractivity contribution < 1.29 is 58.3 Å². The Balaban J connectivity index is 2.35. The molecule has 1 fully saturated rings. The number of ether oxygens (including phenoxy) is 2. The standard InChI is InChI=1S/C49H93O12P/c1-3-5-7-9-11-13-15-17-19-21-22-23-24-26-28-30-32-34-36-38-43(50)60-42(41-59-62(56,57)61-49-47(54)45(52)44(51)46(53)48(49)55)40-58-39-37-35-33-31-29-27-25-20-18-16-14-12-10-8-6-4-2/h11,13,17,19,42,44-49,51-55H,3-10,12,14-16,18,20-41H2,1-2H3,(H,56,57)/b13-11-,19-17-. The van der Waals surface area contributed by atoms with Gasteiger partial charge in [0.05, 0.1) is 13.2 Å². The van der Waals surface area contributed by atoms with Crippen LogP contribution < -0.4 is 0 Å². The van der Waals surface area contributed by atoms with Gasteiger partial charge in [-0.1, -0.05) is 192 Å². The Morgan fingerprint density at radius 3 is 1.39 bits per heavy atom. The molecule has 6 N–H and O–H groups in total. The summed E-state index contributed by atoms with van der Waals surface area (Å²) in [5.41, 5.74) is 0. The van der Waals surface area contributed by atoms with Gasteiger partial charge in [-0.2, -0.15) is 0 Å². The second-order valence-electron chi connectivity index (χ2n) is 17.7. The summed E-state index contributed by atoms with van der Waals surface area (Å²) in [6.45, 7) is 4.26. The van der Waals surface area contributed by atoms with Crippen molar-refractivity contribution in [3.8, 4) is 0 Å². The molecule has 0 amide bonds. The van der Waals surface area contributed by atoms with Gasteiger partial charge in [0.2, 0.25) is 0 Å². The summed E-state index contributed by atoms with van der Waals surface area (Å²) in [6.07, 6.45) is 33.8. The van der Waals surface area contributed by atoms with E-state index in [4.69, 9.17) is 18.5 Å². The van der Waals surface area contributed by atoms with Gasteiger partial charge in [-0.05, 0) is 44.9 Å². The maximum absolute atomic E-state index is 12.8. The van der Waals surface area contributed by atoms with E-state index in [1.807, 2.05) is 0 Å². The van der Waals surface area contributed by atoms with Crippen LogP contribution in [0.15, 0.2) is 24.3 Å². The van der Waals surface area contributed by atoms with E-state index in [9.17, 15) is 39.8 Å². The second kappa shape index (κ2) is 40.1. The highest BCUT2D eigenvalue weighted by Gasteiger charge is 2.51. The highest BCUT2D eigenvalue weighted by Crippen LogP contribution is 2.47. The average Bonchev–Trinajstić information content (AvgIpc) is 3.26. The van der Waals surface area contributed by atoms with Gasteiger partial charge in [0.15, 0.2) is 0 Å². The number of allylic oxidation sites excluding steroid dienone is 4. The van der Waals surface area contributed by atoms with Crippen LogP contribution in [0.4, 0.5) is 0 Å². The summed E-state index contributed by atoms with van der Waals surface area (Å²) in [5, 5.41) is 50.3. The third-order valence-corrected chi connectivity index (χ3v) is 12.8. The van der Waals surface area contributed by atoms with Crippen LogP contribution in [0.3, 0.4) is 0 Å². The molecule has 6 atom stereocenters. The van der Waals surface area contributed by atoms with Gasteiger partial charge in [-0.3, -0.25) is 13.8 Å². The van der Waals surface area contributed by atoms with Crippen LogP contribution in [-0.4, -0.2) is 98.9 Å². The zero-order valence-corrected chi connectivity index (χ0v) is 40.1. The lowest BCUT2D eigenvalue weighted by molar-refractivity contribution is -0.220. The molecule has 366 valence electrons. The van der Waals surface area contributed by atoms with E-state index >= 15 is 0 Å². The molecular weight excluding hydrogens is 812 g/mol. The number of hydrogen-bond acceptors (Lipinski definition) is 11. The van der Waals surface area contributed by atoms with E-state index in [1.165, 1.54) is 141 Å². The zero-order chi connectivity index (χ0) is 45.5. The lowest BCUT2D eigenvalue weighted by Crippen LogP contribution is -2.64. The highest BCUT2D eigenvalue weighted by atomic mass is 31.2. The summed E-state index contributed by atoms with van der Waals surface area (Å²) in [6, 6.07) is 0. The van der Waals surface area contributed by atoms with Crippen molar-refractivity contribution in [1.82, 2.24) is 0 Å². The number of aliphatic hydroxyl groups is 5. The predicted octanol–water partition coefficient (Wildman–Crippen LogP) is 10.9. The minimum absolute atomic E-state index is 0.0738. The molecule has 1 aliphatic carbocycles. The average molecular weight is 905 g/mol. The van der Waals surface area contributed by atoms with E-state index in [0.717, 1.165) is 51.4 Å². The third-order valence-electron chi connectivity index (χ3n) is 11.8. The number of aliphatic hydroxyl groups excluding tert-OH is 5. The van der Waals surface area contributed by atoms with Gasteiger partial charge < -0.3 is 39.9 Å². The summed E-state index contributed by atoms with van der Waals surface area (Å²) >= 11 is 0. The van der Waals surface area contributed by atoms with Crippen LogP contribution in [0.1, 0.15) is 219 Å². The molecule has 6 unspecified atom stereocenters. The van der Waals surface area contributed by atoms with Crippen LogP contribution in [0.2, 0.25) is 0 Å². The monoisotopic (exact) mass is 905 g/mol. The Morgan fingerprint density at radius 2 is 0.903 bits per heavy atom. The van der Waals surface area contributed by atoms with Crippen LogP contribution in [0, 0.1) is 0 Å². The largest absolute Gasteiger partial charge is 0.472 e. The van der Waals surface area contributed by atoms with Gasteiger partial charge in [0.1, 0.15) is 42.7 Å². The highest BCUT2D eigenvalue weighted by molar-refractivity contribution is 7.47. The molecule has 0 spiro atoms. The molecule has 0 saturated heterocycles. The predicted molar refractivity (Wildman–Crippen MR) is 249 cm³/mol. The first kappa shape index (κ1) is 58.8. The van der Waals surface area contributed by atoms with Gasteiger partial charge >= 0.3 is 13.8 Å². The number of carbonyl (C=O) groups excluding carboxylic acids is 1. The molecule has 0 radical (unpaired) electrons. The number of phosphoric acid groups is 1. The van der Waals surface area contributed by atoms with Crippen LogP contribution in [-0.2, 0) is 27.9 Å². The van der Waals surface area contributed by atoms with Crippen LogP contribution >= 0.6 is 7.82 Å². The zero-order valence-electron chi connectivity index (χ0n) is 39.2. The SMILES string of the molecule is CCCCC/C=C\C/C=C\CCCCCCCCCCCC(=O)OC(COCCCCCCCCCCCCCCCCCC)COP(=O)(O)OC1C(O)C(O)C(O)C(O)C1O. The molecule has 0 aromatic carbocycles. The fourth-order valence-electron chi connectivity index (χ4n) is 7.80. The number of carbonyl (C=O) groups is 1. The Kier molecular flexibility index (Phi) is 38.1. The lowest BCUT2D eigenvalue weighted by atomic mass is 9.85. The van der Waals surface area contributed by atoms with Crippen molar-refractivity contribution >= 4 is 13.8 Å². The smallest absolute Gasteiger partial charge is 0.457 e. The minimum atomic E-state index is -5.02. The molecular formula is C49H93O12P. The van der Waals surface area contributed by atoms with Crippen LogP contribution in [0.5, 0.6) is 0 Å². The molecule has 13 heteroatoms. The molecule has 0 aromatic heterocycles. The van der Waals surface area contributed by atoms with Crippen molar-refractivity contribution in [2.24, 2.45) is 0 Å². The summed E-state index contributed by atoms with van der Waals surface area (Å²) in [5.74, 6) is -0.478. The summed E-state index contributed by atoms with van der Waals surface area (Å²) < 4.78 is 34.3. The molecule has 1 saturated carbocycles. The number of rotatable bonds is 43. The topological polar surface area (TPSA) is 192 Å². The number of phosphoric ester groups is 1. The molecule has 0 bridgehead atoms. The molecule has 12 nitrogen and oxygen atoms in total. The Bertz CT molecular complexity index is 1120. The van der Waals surface area contributed by atoms with Gasteiger partial charge in [-0.15, -0.1) is 0 Å². The van der Waals surface area contributed by atoms with Crippen molar-refractivity contribution in [3.05, 3.63) is 24.3 Å². The molecule has 0 aliphatic heterocycles. The maximum Gasteiger partial charge on any atom is 0.472 e. The summed E-state index contributed by atoms with van der Waals surface area (Å²) in [7, 11) is -5.02. The quantitative estimate of drug-likeness (QED) is 0.0147. The summed E-state index contributed by atoms with van der Waals surface area (Å²) in [4.78, 5) is 23.2. The van der Waals surface area contributed by atoms with Crippen molar-refractivity contribution in [3.63, 3.8) is 0 Å². The Morgan fingerprint density at radius 1 is 0.516 bits per heavy atom. The number of esters is 1. The first-order valence-electron chi connectivity index (χ1n) is 25.2. The molecule has 62 heavy (non-hydrogen) atoms. The molecule has 0 heterocycles. The first-order chi connectivity index (χ1) is 30.0. The van der Waals surface area contributed by atoms with E-state index in [2.05, 4.69) is 38.2 Å². The van der Waals surface area contributed by atoms with E-state index in [-0.39, 0.29) is 13.0 Å². The van der Waals surface area contributed by atoms with Gasteiger partial charge in [0, 0.05) is 13.0 Å². The van der Waals surface area contributed by atoms with E-state index < -0.39 is 63.1 Å². The maximum atomic E-state index is 12.8. The van der Waals surface area contributed by atoms with Crippen molar-refractivity contribution in [1.29, 1.82) is 0 Å². The Hall–Kier alpha value is -1.18. The molecule has 1 aliphatic rings. The second-order valence-corrected chi connectivity index (χ2v) is 19.1. The first-order valence-corrected chi connectivity index (χ1v) is 26.7. The molecule has 1 rings (SSSR count).